The molecule has 25 heteroatoms. The number of nitrogens with zero attached hydrogens (tertiary/aromatic N) is 3. The van der Waals surface area contributed by atoms with Crippen LogP contribution in [-0.4, -0.2) is 169 Å². The standard InChI is InChI=1S/C57H71N3O19S3/c1-56(2)40-43(21-25-74-28-29-76-32-33-77-31-30-75-27-26-73-4)45-38-46-42(36-50(41-12-6-5-7-13-41)78-51(46)39-49(45)59(56)24-11-35-81(67,68)69)14-8-15-52-57(3,22-9-16-55(63)79-60-53(61)19-20-54(60)62)47-37-44(82(70,71)72)17-18-48(47)58(52)23-10-34-80(64,65)66/h5-8,12-15,17-18,36-40H,9-11,16,19-35H2,1-4H3,(H2-,64,65,66,67,68,69,70,71,72)/p+1. The van der Waals surface area contributed by atoms with E-state index in [1.165, 1.54) is 18.2 Å². The third-order valence-corrected chi connectivity index (χ3v) is 16.7. The van der Waals surface area contributed by atoms with Gasteiger partial charge in [-0.2, -0.15) is 29.8 Å². The minimum absolute atomic E-state index is 0.0242. The van der Waals surface area contributed by atoms with Crippen molar-refractivity contribution in [3.05, 3.63) is 113 Å². The molecule has 0 spiro atoms. The number of imide groups is 1. The maximum atomic E-state index is 13.1. The second-order valence-electron chi connectivity index (χ2n) is 20.7. The fourth-order valence-corrected chi connectivity index (χ4v) is 11.8. The largest absolute Gasteiger partial charge is 0.456 e. The molecule has 82 heavy (non-hydrogen) atoms. The Morgan fingerprint density at radius 1 is 0.756 bits per heavy atom. The van der Waals surface area contributed by atoms with Crippen LogP contribution in [0.5, 0.6) is 5.75 Å². The lowest BCUT2D eigenvalue weighted by atomic mass is 9.75. The second kappa shape index (κ2) is 28.1. The summed E-state index contributed by atoms with van der Waals surface area (Å²) >= 11 is 0. The number of allylic oxidation sites excluding steroid dienone is 5. The zero-order valence-corrected chi connectivity index (χ0v) is 48.9. The van der Waals surface area contributed by atoms with Crippen molar-refractivity contribution in [3.63, 3.8) is 0 Å². The summed E-state index contributed by atoms with van der Waals surface area (Å²) in [7, 11) is -11.8. The van der Waals surface area contributed by atoms with Crippen molar-refractivity contribution in [2.75, 3.05) is 96.1 Å². The molecule has 3 aromatic carbocycles. The number of rotatable bonds is 32. The number of hydrogen-bond acceptors (Lipinski definition) is 17. The van der Waals surface area contributed by atoms with Crippen LogP contribution in [0.4, 0.5) is 11.4 Å². The van der Waals surface area contributed by atoms with Gasteiger partial charge in [0.15, 0.2) is 5.71 Å². The van der Waals surface area contributed by atoms with E-state index in [1.54, 1.807) is 23.8 Å². The molecule has 3 aromatic rings. The molecule has 1 saturated heterocycles. The monoisotopic (exact) mass is 1200 g/mol. The first kappa shape index (κ1) is 63.6. The van der Waals surface area contributed by atoms with E-state index in [0.717, 1.165) is 22.4 Å². The molecule has 1 unspecified atom stereocenters. The molecule has 446 valence electrons. The Hall–Kier alpha value is -5.97. The van der Waals surface area contributed by atoms with Crippen LogP contribution in [0.3, 0.4) is 0 Å². The third kappa shape index (κ3) is 17.1. The van der Waals surface area contributed by atoms with Crippen LogP contribution >= 0.6 is 0 Å². The Morgan fingerprint density at radius 2 is 1.38 bits per heavy atom. The van der Waals surface area contributed by atoms with Gasteiger partial charge in [-0.1, -0.05) is 48.6 Å². The van der Waals surface area contributed by atoms with E-state index in [1.807, 2.05) is 75.4 Å². The van der Waals surface area contributed by atoms with Gasteiger partial charge in [-0.25, -0.2) is 4.79 Å². The van der Waals surface area contributed by atoms with Crippen molar-refractivity contribution in [1.29, 1.82) is 0 Å². The molecule has 2 amide bonds. The zero-order chi connectivity index (χ0) is 59.3. The van der Waals surface area contributed by atoms with Gasteiger partial charge in [-0.3, -0.25) is 23.2 Å². The summed E-state index contributed by atoms with van der Waals surface area (Å²) in [5.74, 6) is -2.19. The van der Waals surface area contributed by atoms with Crippen LogP contribution in [0.1, 0.15) is 94.4 Å². The number of ether oxygens (including phenoxy) is 6. The number of hydroxylamine groups is 2. The van der Waals surface area contributed by atoms with Crippen molar-refractivity contribution in [2.45, 2.75) is 88.0 Å². The SMILES string of the molecule is COCCOCCOCCOCCOCCC1=CC(C)(C)N(CCCS(=O)(=O)O)c2cc3c(cc21)C(=CC=CC1=[N+](CCCS(=O)(=O)O)c2ccc(S(=O)(=O)O)cc2C1(C)CCCC(=O)ON1C(=O)CCC1=O)C=C(c1ccccc1)O3. The summed E-state index contributed by atoms with van der Waals surface area (Å²) in [6.45, 7) is 9.82. The Bertz CT molecular complexity index is 3320. The number of benzene rings is 3. The highest BCUT2D eigenvalue weighted by Gasteiger charge is 2.48. The lowest BCUT2D eigenvalue weighted by Gasteiger charge is -2.44. The number of fused-ring (bicyclic) bond motifs is 3. The van der Waals surface area contributed by atoms with Gasteiger partial charge in [0.25, 0.3) is 42.2 Å². The Balaban J connectivity index is 1.24. The van der Waals surface area contributed by atoms with E-state index in [0.29, 0.717) is 111 Å². The van der Waals surface area contributed by atoms with Gasteiger partial charge >= 0.3 is 5.97 Å². The van der Waals surface area contributed by atoms with Crippen molar-refractivity contribution in [1.82, 2.24) is 5.06 Å². The van der Waals surface area contributed by atoms with Crippen molar-refractivity contribution >= 4 is 82.1 Å². The van der Waals surface area contributed by atoms with Gasteiger partial charge in [-0.15, -0.1) is 5.06 Å². The molecule has 0 bridgehead atoms. The number of hydrogen-bond donors (Lipinski definition) is 3. The van der Waals surface area contributed by atoms with Gasteiger partial charge in [0, 0.05) is 85.5 Å². The molecule has 0 radical (unpaired) electrons. The predicted octanol–water partition coefficient (Wildman–Crippen LogP) is 6.78. The number of anilines is 1. The molecule has 4 aliphatic heterocycles. The van der Waals surface area contributed by atoms with Crippen molar-refractivity contribution in [3.8, 4) is 5.75 Å². The highest BCUT2D eigenvalue weighted by Crippen LogP contribution is 2.48. The molecule has 4 heterocycles. The fourth-order valence-electron chi connectivity index (χ4n) is 10.3. The van der Waals surface area contributed by atoms with Gasteiger partial charge in [0.2, 0.25) is 5.69 Å². The highest BCUT2D eigenvalue weighted by molar-refractivity contribution is 7.86. The Kier molecular flexibility index (Phi) is 21.8. The first-order valence-electron chi connectivity index (χ1n) is 26.9. The molecule has 3 N–H and O–H groups in total. The molecule has 22 nitrogen and oxygen atoms in total. The lowest BCUT2D eigenvalue weighted by Crippen LogP contribution is -2.46. The highest BCUT2D eigenvalue weighted by atomic mass is 32.2. The quantitative estimate of drug-likeness (QED) is 0.0251. The molecule has 1 fully saturated rings. The van der Waals surface area contributed by atoms with E-state index >= 15 is 0 Å². The molecule has 1 atom stereocenters. The normalized spacial score (nSPS) is 18.5. The van der Waals surface area contributed by atoms with E-state index in [9.17, 15) is 53.3 Å². The number of amides is 2. The zero-order valence-electron chi connectivity index (χ0n) is 46.4. The third-order valence-electron chi connectivity index (χ3n) is 14.3. The van der Waals surface area contributed by atoms with Crippen LogP contribution in [0, 0.1) is 0 Å². The summed E-state index contributed by atoms with van der Waals surface area (Å²) in [4.78, 5) is 44.4. The van der Waals surface area contributed by atoms with E-state index in [2.05, 4.69) is 11.0 Å². The van der Waals surface area contributed by atoms with Gasteiger partial charge < -0.3 is 38.2 Å². The molecular formula is C57H72N3O19S3+. The number of carbonyl (C=O) groups excluding carboxylic acids is 3. The van der Waals surface area contributed by atoms with Crippen molar-refractivity contribution in [2.24, 2.45) is 0 Å². The van der Waals surface area contributed by atoms with Gasteiger partial charge in [0.1, 0.15) is 18.1 Å². The van der Waals surface area contributed by atoms with Crippen LogP contribution in [0.25, 0.3) is 16.9 Å². The van der Waals surface area contributed by atoms with Crippen LogP contribution in [0.2, 0.25) is 0 Å². The molecule has 0 saturated carbocycles. The van der Waals surface area contributed by atoms with Gasteiger partial charge in [0.05, 0.1) is 86.8 Å². The minimum atomic E-state index is -4.73. The maximum Gasteiger partial charge on any atom is 0.333 e. The van der Waals surface area contributed by atoms with E-state index < -0.39 is 75.5 Å². The average molecular weight is 1200 g/mol. The summed E-state index contributed by atoms with van der Waals surface area (Å²) in [6.07, 6.45) is 9.78. The van der Waals surface area contributed by atoms with Crippen LogP contribution in [-0.2, 0) is 78.7 Å². The van der Waals surface area contributed by atoms with Gasteiger partial charge in [-0.05, 0) is 81.9 Å². The number of carbonyl (C=O) groups is 3. The first-order chi connectivity index (χ1) is 38.9. The minimum Gasteiger partial charge on any atom is -0.456 e. The molecule has 4 aliphatic rings. The molecule has 0 aliphatic carbocycles. The smallest absolute Gasteiger partial charge is 0.333 e. The average Bonchev–Trinajstić information content (AvgIpc) is 4.07. The first-order valence-corrected chi connectivity index (χ1v) is 31.6. The van der Waals surface area contributed by atoms with Crippen molar-refractivity contribution < 1.29 is 91.1 Å². The Labute approximate surface area is 479 Å². The van der Waals surface area contributed by atoms with Crippen LogP contribution in [0.15, 0.2) is 95.9 Å². The summed E-state index contributed by atoms with van der Waals surface area (Å²) < 4.78 is 139. The maximum absolute atomic E-state index is 13.1. The summed E-state index contributed by atoms with van der Waals surface area (Å²) in [6, 6.07) is 17.4. The molecule has 0 aromatic heterocycles. The van der Waals surface area contributed by atoms with E-state index in [4.69, 9.17) is 33.3 Å². The fraction of sp³-hybridized carbons (Fsp3) is 0.474. The summed E-state index contributed by atoms with van der Waals surface area (Å²) in [5, 5.41) is 0.457. The summed E-state index contributed by atoms with van der Waals surface area (Å²) in [5.41, 5.74) is 4.32. The second-order valence-corrected chi connectivity index (χ2v) is 25.3. The topological polar surface area (TPSA) is 288 Å². The molecular weight excluding hydrogens is 1130 g/mol. The number of methoxy groups -OCH3 is 1. The lowest BCUT2D eigenvalue weighted by molar-refractivity contribution is -0.437. The van der Waals surface area contributed by atoms with Crippen LogP contribution < -0.4 is 9.64 Å². The Morgan fingerprint density at radius 3 is 2.00 bits per heavy atom. The molecule has 7 rings (SSSR count). The predicted molar refractivity (Wildman–Crippen MR) is 304 cm³/mol. The van der Waals surface area contributed by atoms with E-state index in [-0.39, 0.29) is 58.0 Å².